The average molecular weight is 388 g/mol. The highest BCUT2D eigenvalue weighted by atomic mass is 32.2. The molecule has 27 heavy (non-hydrogen) atoms. The molecule has 1 atom stereocenters. The molecule has 1 aliphatic rings. The largest absolute Gasteiger partial charge is 0.495 e. The van der Waals surface area contributed by atoms with Crippen LogP contribution in [0.1, 0.15) is 18.4 Å². The maximum Gasteiger partial charge on any atom is 0.246 e. The molecule has 1 saturated heterocycles. The van der Waals surface area contributed by atoms with Crippen molar-refractivity contribution in [2.45, 2.75) is 24.7 Å². The zero-order chi connectivity index (χ0) is 19.4. The van der Waals surface area contributed by atoms with Crippen molar-refractivity contribution in [3.8, 4) is 5.75 Å². The highest BCUT2D eigenvalue weighted by Gasteiger charge is 2.34. The van der Waals surface area contributed by atoms with E-state index in [1.54, 1.807) is 12.1 Å². The molecule has 1 unspecified atom stereocenters. The Morgan fingerprint density at radius 1 is 1.19 bits per heavy atom. The molecule has 6 nitrogen and oxygen atoms in total. The monoisotopic (exact) mass is 388 g/mol. The van der Waals surface area contributed by atoms with E-state index in [9.17, 15) is 13.2 Å². The van der Waals surface area contributed by atoms with Crippen LogP contribution >= 0.6 is 0 Å². The Kier molecular flexibility index (Phi) is 5.82. The number of hydrogen-bond acceptors (Lipinski definition) is 4. The Hall–Kier alpha value is -2.38. The van der Waals surface area contributed by atoms with Gasteiger partial charge in [-0.1, -0.05) is 24.3 Å². The van der Waals surface area contributed by atoms with E-state index >= 15 is 0 Å². The minimum absolute atomic E-state index is 0.147. The second kappa shape index (κ2) is 8.10. The van der Waals surface area contributed by atoms with Gasteiger partial charge in [0.2, 0.25) is 15.9 Å². The quantitative estimate of drug-likeness (QED) is 0.854. The molecule has 0 aromatic heterocycles. The van der Waals surface area contributed by atoms with Gasteiger partial charge in [0.05, 0.1) is 13.0 Å². The molecule has 2 aromatic carbocycles. The van der Waals surface area contributed by atoms with Crippen molar-refractivity contribution >= 4 is 21.6 Å². The molecule has 2 aromatic rings. The van der Waals surface area contributed by atoms with Crippen LogP contribution in [0.2, 0.25) is 0 Å². The number of para-hydroxylation sites is 1. The van der Waals surface area contributed by atoms with E-state index in [2.05, 4.69) is 5.32 Å². The van der Waals surface area contributed by atoms with Crippen LogP contribution in [0.4, 0.5) is 5.69 Å². The van der Waals surface area contributed by atoms with Crippen LogP contribution in [0.25, 0.3) is 0 Å². The summed E-state index contributed by atoms with van der Waals surface area (Å²) in [6.45, 7) is 2.40. The summed E-state index contributed by atoms with van der Waals surface area (Å²) in [4.78, 5) is 12.7. The topological polar surface area (TPSA) is 75.7 Å². The second-order valence-corrected chi connectivity index (χ2v) is 8.62. The van der Waals surface area contributed by atoms with Gasteiger partial charge in [0.25, 0.3) is 0 Å². The number of sulfonamides is 1. The van der Waals surface area contributed by atoms with Crippen LogP contribution < -0.4 is 10.1 Å². The van der Waals surface area contributed by atoms with Crippen molar-refractivity contribution in [1.82, 2.24) is 4.31 Å². The summed E-state index contributed by atoms with van der Waals surface area (Å²) in [5, 5.41) is 2.87. The lowest BCUT2D eigenvalue weighted by Crippen LogP contribution is -2.43. The lowest BCUT2D eigenvalue weighted by molar-refractivity contribution is -0.120. The molecule has 0 bridgehead atoms. The Bertz CT molecular complexity index is 913. The van der Waals surface area contributed by atoms with Crippen molar-refractivity contribution in [1.29, 1.82) is 0 Å². The number of piperidine rings is 1. The molecule has 7 heteroatoms. The third-order valence-corrected chi connectivity index (χ3v) is 6.62. The maximum atomic E-state index is 13.2. The molecular formula is C20H24N2O4S. The Balaban J connectivity index is 1.79. The van der Waals surface area contributed by atoms with E-state index in [1.807, 2.05) is 43.3 Å². The molecular weight excluding hydrogens is 364 g/mol. The van der Waals surface area contributed by atoms with Gasteiger partial charge in [0.15, 0.2) is 0 Å². The van der Waals surface area contributed by atoms with Crippen molar-refractivity contribution < 1.29 is 17.9 Å². The predicted octanol–water partition coefficient (Wildman–Crippen LogP) is 3.04. The predicted molar refractivity (Wildman–Crippen MR) is 104 cm³/mol. The minimum atomic E-state index is -3.74. The second-order valence-electron chi connectivity index (χ2n) is 6.71. The van der Waals surface area contributed by atoms with Gasteiger partial charge >= 0.3 is 0 Å². The molecule has 0 saturated carbocycles. The average Bonchev–Trinajstić information content (AvgIpc) is 2.69. The van der Waals surface area contributed by atoms with Crippen LogP contribution in [0.3, 0.4) is 0 Å². The van der Waals surface area contributed by atoms with Gasteiger partial charge in [-0.15, -0.1) is 0 Å². The number of benzene rings is 2. The first-order chi connectivity index (χ1) is 12.9. The van der Waals surface area contributed by atoms with Gasteiger partial charge in [-0.2, -0.15) is 4.31 Å². The van der Waals surface area contributed by atoms with E-state index in [-0.39, 0.29) is 23.3 Å². The number of anilines is 1. The number of ether oxygens (including phenoxy) is 1. The minimum Gasteiger partial charge on any atom is -0.495 e. The van der Waals surface area contributed by atoms with Gasteiger partial charge in [0, 0.05) is 18.8 Å². The van der Waals surface area contributed by atoms with Crippen LogP contribution in [-0.2, 0) is 14.8 Å². The normalized spacial score (nSPS) is 18.1. The number of aryl methyl sites for hydroxylation is 1. The highest BCUT2D eigenvalue weighted by Crippen LogP contribution is 2.30. The fourth-order valence-electron chi connectivity index (χ4n) is 3.27. The Labute approximate surface area is 160 Å². The van der Waals surface area contributed by atoms with Crippen LogP contribution in [0.5, 0.6) is 5.75 Å². The maximum absolute atomic E-state index is 13.2. The SMILES string of the molecule is COc1ccc(C)cc1S(=O)(=O)N1CCCC(C(=O)Nc2ccccc2)C1. The van der Waals surface area contributed by atoms with Gasteiger partial charge < -0.3 is 10.1 Å². The summed E-state index contributed by atoms with van der Waals surface area (Å²) in [6.07, 6.45) is 1.30. The summed E-state index contributed by atoms with van der Waals surface area (Å²) in [5.74, 6) is -0.224. The van der Waals surface area contributed by atoms with Gasteiger partial charge in [-0.3, -0.25) is 4.79 Å². The van der Waals surface area contributed by atoms with Crippen molar-refractivity contribution in [3.05, 3.63) is 54.1 Å². The van der Waals surface area contributed by atoms with E-state index in [0.717, 1.165) is 5.56 Å². The lowest BCUT2D eigenvalue weighted by Gasteiger charge is -2.31. The first-order valence-corrected chi connectivity index (χ1v) is 10.4. The molecule has 0 spiro atoms. The third-order valence-electron chi connectivity index (χ3n) is 4.73. The molecule has 0 aliphatic carbocycles. The van der Waals surface area contributed by atoms with E-state index in [1.165, 1.54) is 11.4 Å². The number of nitrogens with one attached hydrogen (secondary N) is 1. The fraction of sp³-hybridized carbons (Fsp3) is 0.350. The van der Waals surface area contributed by atoms with E-state index in [4.69, 9.17) is 4.74 Å². The van der Waals surface area contributed by atoms with Gasteiger partial charge in [0.1, 0.15) is 10.6 Å². The fourth-order valence-corrected chi connectivity index (χ4v) is 5.03. The Morgan fingerprint density at radius 2 is 1.93 bits per heavy atom. The van der Waals surface area contributed by atoms with Gasteiger partial charge in [-0.25, -0.2) is 8.42 Å². The smallest absolute Gasteiger partial charge is 0.246 e. The standard InChI is InChI=1S/C20H24N2O4S/c1-15-10-11-18(26-2)19(13-15)27(24,25)22-12-6-7-16(14-22)20(23)21-17-8-4-3-5-9-17/h3-5,8-11,13,16H,6-7,12,14H2,1-2H3,(H,21,23). The molecule has 1 N–H and O–H groups in total. The zero-order valence-electron chi connectivity index (χ0n) is 15.5. The molecule has 1 aliphatic heterocycles. The van der Waals surface area contributed by atoms with E-state index < -0.39 is 10.0 Å². The molecule has 0 radical (unpaired) electrons. The first-order valence-electron chi connectivity index (χ1n) is 8.92. The molecule has 3 rings (SSSR count). The lowest BCUT2D eigenvalue weighted by atomic mass is 9.99. The summed E-state index contributed by atoms with van der Waals surface area (Å²) in [7, 11) is -2.28. The molecule has 1 amide bonds. The van der Waals surface area contributed by atoms with Crippen LogP contribution in [0, 0.1) is 12.8 Å². The van der Waals surface area contributed by atoms with Crippen molar-refractivity contribution in [2.75, 3.05) is 25.5 Å². The molecule has 1 fully saturated rings. The van der Waals surface area contributed by atoms with E-state index in [0.29, 0.717) is 30.8 Å². The highest BCUT2D eigenvalue weighted by molar-refractivity contribution is 7.89. The van der Waals surface area contributed by atoms with Gasteiger partial charge in [-0.05, 0) is 49.6 Å². The first kappa shape index (κ1) is 19.4. The number of nitrogens with zero attached hydrogens (tertiary/aromatic N) is 1. The number of amides is 1. The third kappa shape index (κ3) is 4.31. The number of methoxy groups -OCH3 is 1. The zero-order valence-corrected chi connectivity index (χ0v) is 16.3. The number of hydrogen-bond donors (Lipinski definition) is 1. The summed E-state index contributed by atoms with van der Waals surface area (Å²) in [5.41, 5.74) is 1.55. The number of carbonyl (C=O) groups excluding carboxylic acids is 1. The molecule has 144 valence electrons. The molecule has 1 heterocycles. The Morgan fingerprint density at radius 3 is 2.63 bits per heavy atom. The number of carbonyl (C=O) groups is 1. The van der Waals surface area contributed by atoms with Crippen LogP contribution in [0.15, 0.2) is 53.4 Å². The van der Waals surface area contributed by atoms with Crippen molar-refractivity contribution in [3.63, 3.8) is 0 Å². The number of rotatable bonds is 5. The summed E-state index contributed by atoms with van der Waals surface area (Å²) < 4.78 is 33.0. The van der Waals surface area contributed by atoms with Crippen molar-refractivity contribution in [2.24, 2.45) is 5.92 Å². The summed E-state index contributed by atoms with van der Waals surface area (Å²) >= 11 is 0. The summed E-state index contributed by atoms with van der Waals surface area (Å²) in [6, 6.07) is 14.3. The van der Waals surface area contributed by atoms with Crippen LogP contribution in [-0.4, -0.2) is 38.8 Å².